The Labute approximate surface area is 110 Å². The van der Waals surface area contributed by atoms with Crippen LogP contribution in [0.5, 0.6) is 0 Å². The summed E-state index contributed by atoms with van der Waals surface area (Å²) in [5.74, 6) is 0. The second-order valence-corrected chi connectivity index (χ2v) is 4.26. The Morgan fingerprint density at radius 3 is 2.56 bits per heavy atom. The molecule has 0 spiro atoms. The van der Waals surface area contributed by atoms with Crippen molar-refractivity contribution < 1.29 is 9.53 Å². The van der Waals surface area contributed by atoms with Crippen LogP contribution in [0.4, 0.5) is 4.79 Å². The van der Waals surface area contributed by atoms with Gasteiger partial charge < -0.3 is 10.1 Å². The van der Waals surface area contributed by atoms with Crippen LogP contribution in [0.15, 0.2) is 30.3 Å². The van der Waals surface area contributed by atoms with Crippen molar-refractivity contribution in [3.63, 3.8) is 0 Å². The third kappa shape index (κ3) is 6.94. The van der Waals surface area contributed by atoms with Crippen molar-refractivity contribution in [2.45, 2.75) is 38.7 Å². The van der Waals surface area contributed by atoms with Crippen LogP contribution in [-0.4, -0.2) is 12.6 Å². The average molecular weight is 248 g/mol. The van der Waals surface area contributed by atoms with Gasteiger partial charge in [-0.25, -0.2) is 4.79 Å². The number of unbranched alkanes of at least 4 members (excludes halogenated alkanes) is 4. The predicted octanol–water partition coefficient (Wildman–Crippen LogP) is 3.70. The molecule has 1 N–H and O–H groups in total. The van der Waals surface area contributed by atoms with Crippen molar-refractivity contribution in [1.82, 2.24) is 5.32 Å². The van der Waals surface area contributed by atoms with Crippen LogP contribution < -0.4 is 5.32 Å². The van der Waals surface area contributed by atoms with E-state index < -0.39 is 0 Å². The van der Waals surface area contributed by atoms with Gasteiger partial charge in [0, 0.05) is 6.54 Å². The Balaban J connectivity index is 2.01. The van der Waals surface area contributed by atoms with E-state index in [4.69, 9.17) is 4.74 Å². The van der Waals surface area contributed by atoms with E-state index >= 15 is 0 Å². The summed E-state index contributed by atoms with van der Waals surface area (Å²) >= 11 is 0. The molecule has 3 heteroatoms. The molecule has 1 rings (SSSR count). The van der Waals surface area contributed by atoms with Crippen molar-refractivity contribution in [2.75, 3.05) is 6.54 Å². The zero-order valence-electron chi connectivity index (χ0n) is 10.9. The smallest absolute Gasteiger partial charge is 0.407 e. The molecule has 18 heavy (non-hydrogen) atoms. The summed E-state index contributed by atoms with van der Waals surface area (Å²) in [4.78, 5) is 11.4. The van der Waals surface area contributed by atoms with Crippen molar-refractivity contribution in [1.29, 1.82) is 0 Å². The number of amides is 1. The van der Waals surface area contributed by atoms with E-state index in [0.717, 1.165) is 24.8 Å². The van der Waals surface area contributed by atoms with Crippen LogP contribution in [0, 0.1) is 6.92 Å². The molecule has 3 nitrogen and oxygen atoms in total. The molecule has 1 aromatic rings. The number of hydrogen-bond donors (Lipinski definition) is 1. The molecule has 1 radical (unpaired) electrons. The van der Waals surface area contributed by atoms with Crippen molar-refractivity contribution in [3.05, 3.63) is 42.8 Å². The molecular formula is C15H22NO2. The fraction of sp³-hybridized carbons (Fsp3) is 0.467. The summed E-state index contributed by atoms with van der Waals surface area (Å²) in [6.07, 6.45) is 5.14. The van der Waals surface area contributed by atoms with Crippen LogP contribution in [0.25, 0.3) is 0 Å². The molecule has 0 fully saturated rings. The van der Waals surface area contributed by atoms with Gasteiger partial charge in [0.2, 0.25) is 0 Å². The Bertz CT molecular complexity index is 325. The third-order valence-electron chi connectivity index (χ3n) is 2.66. The molecular weight excluding hydrogens is 226 g/mol. The van der Waals surface area contributed by atoms with Crippen molar-refractivity contribution in [3.8, 4) is 0 Å². The summed E-state index contributed by atoms with van der Waals surface area (Å²) in [6.45, 7) is 4.81. The number of carbonyl (C=O) groups excluding carboxylic acids is 1. The van der Waals surface area contributed by atoms with Gasteiger partial charge in [-0.15, -0.1) is 0 Å². The number of hydrogen-bond acceptors (Lipinski definition) is 2. The van der Waals surface area contributed by atoms with E-state index in [1.807, 2.05) is 30.3 Å². The van der Waals surface area contributed by atoms with Gasteiger partial charge in [0.15, 0.2) is 0 Å². The van der Waals surface area contributed by atoms with Crippen LogP contribution in [0.1, 0.15) is 37.7 Å². The van der Waals surface area contributed by atoms with Gasteiger partial charge in [-0.05, 0) is 12.0 Å². The lowest BCUT2D eigenvalue weighted by Gasteiger charge is -2.06. The Morgan fingerprint density at radius 1 is 1.11 bits per heavy atom. The molecule has 0 aromatic heterocycles. The van der Waals surface area contributed by atoms with Crippen molar-refractivity contribution >= 4 is 6.09 Å². The van der Waals surface area contributed by atoms with Crippen molar-refractivity contribution in [2.24, 2.45) is 0 Å². The van der Waals surface area contributed by atoms with Gasteiger partial charge in [-0.1, -0.05) is 62.9 Å². The molecule has 1 amide bonds. The van der Waals surface area contributed by atoms with Crippen LogP contribution >= 0.6 is 0 Å². The van der Waals surface area contributed by atoms with E-state index in [2.05, 4.69) is 12.2 Å². The summed E-state index contributed by atoms with van der Waals surface area (Å²) in [7, 11) is 0. The van der Waals surface area contributed by atoms with E-state index in [-0.39, 0.29) is 6.09 Å². The number of alkyl carbamates (subject to hydrolysis) is 1. The summed E-state index contributed by atoms with van der Waals surface area (Å²) in [5, 5.41) is 2.75. The highest BCUT2D eigenvalue weighted by atomic mass is 16.5. The standard InChI is InChI=1S/C15H22NO2/c1-2-3-4-5-9-12-16-15(17)18-13-14-10-7-6-8-11-14/h6-8,10-11H,1-5,9,12-13H2,(H,16,17). The zero-order chi connectivity index (χ0) is 13.1. The largest absolute Gasteiger partial charge is 0.445 e. The number of ether oxygens (including phenoxy) is 1. The van der Waals surface area contributed by atoms with Crippen LogP contribution in [0.3, 0.4) is 0 Å². The minimum Gasteiger partial charge on any atom is -0.445 e. The summed E-state index contributed by atoms with van der Waals surface area (Å²) in [5.41, 5.74) is 1.00. The molecule has 0 unspecified atom stereocenters. The lowest BCUT2D eigenvalue weighted by Crippen LogP contribution is -2.25. The lowest BCUT2D eigenvalue weighted by atomic mass is 10.1. The third-order valence-corrected chi connectivity index (χ3v) is 2.66. The normalized spacial score (nSPS) is 10.1. The molecule has 0 aliphatic carbocycles. The SMILES string of the molecule is [CH2]CCCCCCNC(=O)OCc1ccccc1. The molecule has 0 aliphatic heterocycles. The quantitative estimate of drug-likeness (QED) is 0.712. The minimum absolute atomic E-state index is 0.328. The molecule has 0 bridgehead atoms. The van der Waals surface area contributed by atoms with E-state index in [1.165, 1.54) is 12.8 Å². The fourth-order valence-corrected chi connectivity index (χ4v) is 1.62. The summed E-state index contributed by atoms with van der Waals surface area (Å²) < 4.78 is 5.10. The van der Waals surface area contributed by atoms with E-state index in [1.54, 1.807) is 0 Å². The van der Waals surface area contributed by atoms with Gasteiger partial charge in [0.05, 0.1) is 0 Å². The first kappa shape index (κ1) is 14.6. The molecule has 0 aliphatic rings. The minimum atomic E-state index is -0.337. The number of nitrogens with one attached hydrogen (secondary N) is 1. The Morgan fingerprint density at radius 2 is 1.83 bits per heavy atom. The fourth-order valence-electron chi connectivity index (χ4n) is 1.62. The predicted molar refractivity (Wildman–Crippen MR) is 73.1 cm³/mol. The summed E-state index contributed by atoms with van der Waals surface area (Å²) in [6, 6.07) is 9.67. The average Bonchev–Trinajstić information content (AvgIpc) is 2.41. The maximum atomic E-state index is 11.4. The molecule has 0 saturated heterocycles. The van der Waals surface area contributed by atoms with Gasteiger partial charge in [0.25, 0.3) is 0 Å². The van der Waals surface area contributed by atoms with E-state index in [9.17, 15) is 4.79 Å². The highest BCUT2D eigenvalue weighted by Crippen LogP contribution is 2.02. The van der Waals surface area contributed by atoms with Gasteiger partial charge in [-0.2, -0.15) is 0 Å². The number of benzene rings is 1. The first-order valence-corrected chi connectivity index (χ1v) is 6.56. The van der Waals surface area contributed by atoms with E-state index in [0.29, 0.717) is 13.2 Å². The molecule has 0 heterocycles. The number of carbonyl (C=O) groups is 1. The molecule has 0 saturated carbocycles. The second-order valence-electron chi connectivity index (χ2n) is 4.26. The Hall–Kier alpha value is -1.51. The topological polar surface area (TPSA) is 38.3 Å². The lowest BCUT2D eigenvalue weighted by molar-refractivity contribution is 0.139. The monoisotopic (exact) mass is 248 g/mol. The van der Waals surface area contributed by atoms with Crippen LogP contribution in [0.2, 0.25) is 0 Å². The zero-order valence-corrected chi connectivity index (χ0v) is 10.9. The first-order valence-electron chi connectivity index (χ1n) is 6.56. The van der Waals surface area contributed by atoms with Gasteiger partial charge in [-0.3, -0.25) is 0 Å². The number of rotatable bonds is 8. The molecule has 1 aromatic carbocycles. The maximum Gasteiger partial charge on any atom is 0.407 e. The highest BCUT2D eigenvalue weighted by Gasteiger charge is 2.01. The molecule has 99 valence electrons. The molecule has 0 atom stereocenters. The van der Waals surface area contributed by atoms with Gasteiger partial charge in [0.1, 0.15) is 6.61 Å². The van der Waals surface area contributed by atoms with Crippen LogP contribution in [-0.2, 0) is 11.3 Å². The Kier molecular flexibility index (Phi) is 7.69. The second kappa shape index (κ2) is 9.51. The highest BCUT2D eigenvalue weighted by molar-refractivity contribution is 5.67. The first-order chi connectivity index (χ1) is 8.83. The maximum absolute atomic E-state index is 11.4. The van der Waals surface area contributed by atoms with Gasteiger partial charge >= 0.3 is 6.09 Å².